The topological polar surface area (TPSA) is 29.9 Å². The Kier molecular flexibility index (Phi) is 5.09. The van der Waals surface area contributed by atoms with E-state index in [1.807, 2.05) is 25.4 Å². The summed E-state index contributed by atoms with van der Waals surface area (Å²) in [5.41, 5.74) is 2.02. The Morgan fingerprint density at radius 3 is 2.70 bits per heavy atom. The van der Waals surface area contributed by atoms with Gasteiger partial charge in [-0.25, -0.2) is 4.39 Å². The molecule has 23 heavy (non-hydrogen) atoms. The van der Waals surface area contributed by atoms with Gasteiger partial charge in [-0.3, -0.25) is 10.00 Å². The highest BCUT2D eigenvalue weighted by Gasteiger charge is 2.23. The van der Waals surface area contributed by atoms with Gasteiger partial charge in [0.05, 0.1) is 17.8 Å². The average Bonchev–Trinajstić information content (AvgIpc) is 3.21. The van der Waals surface area contributed by atoms with Crippen LogP contribution in [-0.2, 0) is 13.6 Å². The number of hydrogen-bond acceptors (Lipinski definition) is 2. The van der Waals surface area contributed by atoms with E-state index in [1.54, 1.807) is 10.9 Å². The molecule has 1 aliphatic rings. The first-order chi connectivity index (χ1) is 11.2. The monoisotopic (exact) mass is 311 g/mol. The summed E-state index contributed by atoms with van der Waals surface area (Å²) in [4.78, 5) is 0. The number of rotatable bonds is 4. The molecule has 1 unspecified atom stereocenters. The molecule has 3 nitrogen and oxygen atoms in total. The predicted molar refractivity (Wildman–Crippen MR) is 89.1 cm³/mol. The fraction of sp³-hybridized carbons (Fsp3) is 0.421. The molecule has 3 rings (SSSR count). The number of aryl methyl sites for hydroxylation is 1. The first-order valence-electron chi connectivity index (χ1n) is 8.19. The number of halogens is 1. The van der Waals surface area contributed by atoms with Crippen LogP contribution in [0, 0.1) is 23.6 Å². The molecule has 1 heterocycles. The van der Waals surface area contributed by atoms with Crippen molar-refractivity contribution >= 4 is 0 Å². The maximum atomic E-state index is 13.0. The van der Waals surface area contributed by atoms with Gasteiger partial charge >= 0.3 is 0 Å². The van der Waals surface area contributed by atoms with Crippen molar-refractivity contribution < 1.29 is 4.39 Å². The lowest BCUT2D eigenvalue weighted by Crippen LogP contribution is -2.33. The molecule has 0 saturated heterocycles. The van der Waals surface area contributed by atoms with E-state index in [-0.39, 0.29) is 11.9 Å². The van der Waals surface area contributed by atoms with Crippen LogP contribution in [0.3, 0.4) is 0 Å². The summed E-state index contributed by atoms with van der Waals surface area (Å²) in [7, 11) is 1.90. The van der Waals surface area contributed by atoms with Gasteiger partial charge in [0.15, 0.2) is 0 Å². The van der Waals surface area contributed by atoms with Gasteiger partial charge in [-0.15, -0.1) is 0 Å². The van der Waals surface area contributed by atoms with E-state index in [1.165, 1.54) is 37.8 Å². The molecule has 0 aliphatic heterocycles. The van der Waals surface area contributed by atoms with Crippen molar-refractivity contribution in [3.63, 3.8) is 0 Å². The van der Waals surface area contributed by atoms with Crippen molar-refractivity contribution in [2.24, 2.45) is 13.0 Å². The lowest BCUT2D eigenvalue weighted by atomic mass is 9.98. The maximum Gasteiger partial charge on any atom is 0.123 e. The van der Waals surface area contributed by atoms with Crippen LogP contribution in [0.25, 0.3) is 0 Å². The Morgan fingerprint density at radius 2 is 2.04 bits per heavy atom. The SMILES string of the molecule is Cn1cc(C#CC(NCc2ccc(F)cc2)C2CCCC2)cn1. The molecule has 1 N–H and O–H groups in total. The molecule has 0 spiro atoms. The second-order valence-corrected chi connectivity index (χ2v) is 6.20. The standard InChI is InChI=1S/C19H22FN3/c1-23-14-16(13-22-23)8-11-19(17-4-2-3-5-17)21-12-15-6-9-18(20)10-7-15/h6-7,9-10,13-14,17,19,21H,2-5,12H2,1H3. The fourth-order valence-corrected chi connectivity index (χ4v) is 3.10. The van der Waals surface area contributed by atoms with E-state index in [4.69, 9.17) is 0 Å². The number of benzene rings is 1. The van der Waals surface area contributed by atoms with Gasteiger partial charge in [0.2, 0.25) is 0 Å². The van der Waals surface area contributed by atoms with E-state index >= 15 is 0 Å². The van der Waals surface area contributed by atoms with Crippen molar-refractivity contribution in [1.82, 2.24) is 15.1 Å². The molecular weight excluding hydrogens is 289 g/mol. The molecule has 1 saturated carbocycles. The highest BCUT2D eigenvalue weighted by atomic mass is 19.1. The van der Waals surface area contributed by atoms with Crippen LogP contribution in [0.2, 0.25) is 0 Å². The Balaban J connectivity index is 1.68. The third-order valence-electron chi connectivity index (χ3n) is 4.39. The van der Waals surface area contributed by atoms with Crippen LogP contribution < -0.4 is 5.32 Å². The molecule has 2 aromatic rings. The van der Waals surface area contributed by atoms with Crippen LogP contribution in [0.4, 0.5) is 4.39 Å². The van der Waals surface area contributed by atoms with Gasteiger partial charge in [0.25, 0.3) is 0 Å². The quantitative estimate of drug-likeness (QED) is 0.878. The zero-order valence-corrected chi connectivity index (χ0v) is 13.4. The van der Waals surface area contributed by atoms with Gasteiger partial charge in [-0.1, -0.05) is 36.8 Å². The second-order valence-electron chi connectivity index (χ2n) is 6.20. The Morgan fingerprint density at radius 1 is 1.30 bits per heavy atom. The van der Waals surface area contributed by atoms with Crippen molar-refractivity contribution in [3.05, 3.63) is 53.6 Å². The summed E-state index contributed by atoms with van der Waals surface area (Å²) in [6.45, 7) is 0.711. The summed E-state index contributed by atoms with van der Waals surface area (Å²) in [6, 6.07) is 6.82. The van der Waals surface area contributed by atoms with Gasteiger partial charge in [-0.2, -0.15) is 5.10 Å². The Hall–Kier alpha value is -2.12. The molecule has 1 aliphatic carbocycles. The molecule has 1 aromatic carbocycles. The number of nitrogens with zero attached hydrogens (tertiary/aromatic N) is 2. The summed E-state index contributed by atoms with van der Waals surface area (Å²) in [6.07, 6.45) is 8.74. The highest BCUT2D eigenvalue weighted by molar-refractivity contribution is 5.31. The number of nitrogens with one attached hydrogen (secondary N) is 1. The van der Waals surface area contributed by atoms with Crippen molar-refractivity contribution in [3.8, 4) is 11.8 Å². The van der Waals surface area contributed by atoms with E-state index in [0.717, 1.165) is 11.1 Å². The minimum atomic E-state index is -0.197. The minimum absolute atomic E-state index is 0.169. The Bertz CT molecular complexity index is 687. The molecule has 0 amide bonds. The minimum Gasteiger partial charge on any atom is -0.299 e. The maximum absolute atomic E-state index is 13.0. The average molecular weight is 311 g/mol. The van der Waals surface area contributed by atoms with Crippen LogP contribution >= 0.6 is 0 Å². The van der Waals surface area contributed by atoms with Crippen molar-refractivity contribution in [2.75, 3.05) is 0 Å². The van der Waals surface area contributed by atoms with Gasteiger partial charge < -0.3 is 0 Å². The van der Waals surface area contributed by atoms with E-state index in [9.17, 15) is 4.39 Å². The van der Waals surface area contributed by atoms with E-state index in [0.29, 0.717) is 12.5 Å². The first-order valence-corrected chi connectivity index (χ1v) is 8.19. The van der Waals surface area contributed by atoms with Gasteiger partial charge in [-0.05, 0) is 36.5 Å². The molecular formula is C19H22FN3. The molecule has 4 heteroatoms. The zero-order valence-electron chi connectivity index (χ0n) is 13.4. The van der Waals surface area contributed by atoms with Crippen LogP contribution in [0.1, 0.15) is 36.8 Å². The third-order valence-corrected chi connectivity index (χ3v) is 4.39. The number of hydrogen-bond donors (Lipinski definition) is 1. The normalized spacial score (nSPS) is 16.1. The molecule has 1 aromatic heterocycles. The lowest BCUT2D eigenvalue weighted by molar-refractivity contribution is 0.423. The third kappa shape index (κ3) is 4.43. The number of aromatic nitrogens is 2. The molecule has 120 valence electrons. The summed E-state index contributed by atoms with van der Waals surface area (Å²) < 4.78 is 14.8. The Labute approximate surface area is 136 Å². The summed E-state index contributed by atoms with van der Waals surface area (Å²) in [5, 5.41) is 7.70. The fourth-order valence-electron chi connectivity index (χ4n) is 3.10. The predicted octanol–water partition coefficient (Wildman–Crippen LogP) is 3.26. The largest absolute Gasteiger partial charge is 0.299 e. The van der Waals surface area contributed by atoms with Crippen LogP contribution in [-0.4, -0.2) is 15.8 Å². The second kappa shape index (κ2) is 7.43. The van der Waals surface area contributed by atoms with E-state index < -0.39 is 0 Å². The van der Waals surface area contributed by atoms with Crippen LogP contribution in [0.5, 0.6) is 0 Å². The van der Waals surface area contributed by atoms with Gasteiger partial charge in [0, 0.05) is 19.8 Å². The first kappa shape index (κ1) is 15.8. The van der Waals surface area contributed by atoms with Crippen molar-refractivity contribution in [2.45, 2.75) is 38.3 Å². The van der Waals surface area contributed by atoms with E-state index in [2.05, 4.69) is 22.3 Å². The van der Waals surface area contributed by atoms with Crippen LogP contribution in [0.15, 0.2) is 36.7 Å². The molecule has 0 bridgehead atoms. The molecule has 1 atom stereocenters. The lowest BCUT2D eigenvalue weighted by Gasteiger charge is -2.19. The summed E-state index contributed by atoms with van der Waals surface area (Å²) >= 11 is 0. The smallest absolute Gasteiger partial charge is 0.123 e. The van der Waals surface area contributed by atoms with Gasteiger partial charge in [0.1, 0.15) is 5.82 Å². The molecule has 0 radical (unpaired) electrons. The zero-order chi connectivity index (χ0) is 16.1. The molecule has 1 fully saturated rings. The van der Waals surface area contributed by atoms with Crippen molar-refractivity contribution in [1.29, 1.82) is 0 Å². The summed E-state index contributed by atoms with van der Waals surface area (Å²) in [5.74, 6) is 7.02. The highest BCUT2D eigenvalue weighted by Crippen LogP contribution is 2.27.